The first-order valence-corrected chi connectivity index (χ1v) is 7.49. The molecule has 0 unspecified atom stereocenters. The molecule has 3 aromatic rings. The summed E-state index contributed by atoms with van der Waals surface area (Å²) in [5.74, 6) is -1.21. The summed E-state index contributed by atoms with van der Waals surface area (Å²) >= 11 is 1.42. The summed E-state index contributed by atoms with van der Waals surface area (Å²) in [6.07, 6.45) is 1.40. The molecule has 0 saturated carbocycles. The SMILES string of the molecule is N#CC(=Cc1cc(-c2cccc3ccccc23)cs1)C(=O)O. The number of carboxylic acids is 1. The molecule has 0 aliphatic carbocycles. The van der Waals surface area contributed by atoms with Gasteiger partial charge < -0.3 is 5.11 Å². The Labute approximate surface area is 131 Å². The van der Waals surface area contributed by atoms with Crippen LogP contribution in [-0.2, 0) is 4.79 Å². The molecule has 106 valence electrons. The average molecular weight is 305 g/mol. The Balaban J connectivity index is 2.07. The maximum absolute atomic E-state index is 10.9. The van der Waals surface area contributed by atoms with Crippen LogP contribution in [0, 0.1) is 11.3 Å². The summed E-state index contributed by atoms with van der Waals surface area (Å²) in [7, 11) is 0. The molecule has 4 heteroatoms. The fourth-order valence-corrected chi connectivity index (χ4v) is 3.17. The van der Waals surface area contributed by atoms with Crippen LogP contribution in [0.3, 0.4) is 0 Å². The molecule has 1 heterocycles. The molecular weight excluding hydrogens is 294 g/mol. The van der Waals surface area contributed by atoms with Gasteiger partial charge in [0.15, 0.2) is 0 Å². The van der Waals surface area contributed by atoms with Crippen LogP contribution < -0.4 is 0 Å². The Morgan fingerprint density at radius 2 is 1.95 bits per heavy atom. The minimum Gasteiger partial charge on any atom is -0.477 e. The predicted molar refractivity (Wildman–Crippen MR) is 88.5 cm³/mol. The minimum atomic E-state index is -1.21. The number of hydrogen-bond acceptors (Lipinski definition) is 3. The van der Waals surface area contributed by atoms with E-state index in [9.17, 15) is 4.79 Å². The molecule has 3 rings (SSSR count). The quantitative estimate of drug-likeness (QED) is 0.570. The number of aliphatic carboxylic acids is 1. The second kappa shape index (κ2) is 5.84. The van der Waals surface area contributed by atoms with Gasteiger partial charge in [0.05, 0.1) is 0 Å². The van der Waals surface area contributed by atoms with Gasteiger partial charge in [-0.2, -0.15) is 5.26 Å². The number of rotatable bonds is 3. The summed E-state index contributed by atoms with van der Waals surface area (Å²) in [6.45, 7) is 0. The van der Waals surface area contributed by atoms with Crippen LogP contribution in [-0.4, -0.2) is 11.1 Å². The lowest BCUT2D eigenvalue weighted by Crippen LogP contribution is -1.96. The number of carbonyl (C=O) groups is 1. The van der Waals surface area contributed by atoms with Crippen molar-refractivity contribution in [1.82, 2.24) is 0 Å². The van der Waals surface area contributed by atoms with E-state index in [1.165, 1.54) is 17.4 Å². The molecule has 0 radical (unpaired) electrons. The first kappa shape index (κ1) is 14.1. The predicted octanol–water partition coefficient (Wildman–Crippen LogP) is 4.56. The first-order chi connectivity index (χ1) is 10.7. The highest BCUT2D eigenvalue weighted by atomic mass is 32.1. The Hall–Kier alpha value is -2.90. The van der Waals surface area contributed by atoms with Gasteiger partial charge in [0.25, 0.3) is 0 Å². The number of nitrogens with zero attached hydrogens (tertiary/aromatic N) is 1. The molecule has 0 amide bonds. The Bertz CT molecular complexity index is 926. The van der Waals surface area contributed by atoms with Crippen LogP contribution in [0.25, 0.3) is 28.0 Å². The molecule has 0 saturated heterocycles. The van der Waals surface area contributed by atoms with Crippen molar-refractivity contribution >= 4 is 34.2 Å². The van der Waals surface area contributed by atoms with Crippen molar-refractivity contribution in [3.63, 3.8) is 0 Å². The molecule has 0 aliphatic heterocycles. The maximum Gasteiger partial charge on any atom is 0.346 e. The van der Waals surface area contributed by atoms with Crippen LogP contribution in [0.15, 0.2) is 59.5 Å². The van der Waals surface area contributed by atoms with Gasteiger partial charge in [-0.3, -0.25) is 0 Å². The zero-order chi connectivity index (χ0) is 15.5. The molecule has 0 bridgehead atoms. The maximum atomic E-state index is 10.9. The van der Waals surface area contributed by atoms with Crippen LogP contribution in [0.5, 0.6) is 0 Å². The zero-order valence-corrected chi connectivity index (χ0v) is 12.3. The lowest BCUT2D eigenvalue weighted by atomic mass is 10.0. The summed E-state index contributed by atoms with van der Waals surface area (Å²) in [6, 6.07) is 17.8. The molecular formula is C18H11NO2S. The van der Waals surface area contributed by atoms with Gasteiger partial charge in [-0.1, -0.05) is 42.5 Å². The lowest BCUT2D eigenvalue weighted by molar-refractivity contribution is -0.132. The van der Waals surface area contributed by atoms with Crippen LogP contribution >= 0.6 is 11.3 Å². The highest BCUT2D eigenvalue weighted by Gasteiger charge is 2.09. The van der Waals surface area contributed by atoms with E-state index in [0.29, 0.717) is 0 Å². The monoisotopic (exact) mass is 305 g/mol. The third-order valence-corrected chi connectivity index (χ3v) is 4.24. The largest absolute Gasteiger partial charge is 0.477 e. The van der Waals surface area contributed by atoms with Crippen LogP contribution in [0.1, 0.15) is 4.88 Å². The fraction of sp³-hybridized carbons (Fsp3) is 0. The Morgan fingerprint density at radius 3 is 2.73 bits per heavy atom. The second-order valence-electron chi connectivity index (χ2n) is 4.74. The van der Waals surface area contributed by atoms with E-state index in [1.807, 2.05) is 35.7 Å². The second-order valence-corrected chi connectivity index (χ2v) is 5.68. The van der Waals surface area contributed by atoms with Gasteiger partial charge in [-0.05, 0) is 39.4 Å². The molecule has 0 atom stereocenters. The van der Waals surface area contributed by atoms with Gasteiger partial charge in [0.2, 0.25) is 0 Å². The van der Waals surface area contributed by atoms with Crippen molar-refractivity contribution in [1.29, 1.82) is 5.26 Å². The minimum absolute atomic E-state index is 0.258. The Morgan fingerprint density at radius 1 is 1.18 bits per heavy atom. The zero-order valence-electron chi connectivity index (χ0n) is 11.5. The number of thiophene rings is 1. The smallest absolute Gasteiger partial charge is 0.346 e. The van der Waals surface area contributed by atoms with Crippen molar-refractivity contribution in [2.24, 2.45) is 0 Å². The number of fused-ring (bicyclic) bond motifs is 1. The Kier molecular flexibility index (Phi) is 3.73. The van der Waals surface area contributed by atoms with Crippen molar-refractivity contribution in [3.05, 3.63) is 64.4 Å². The van der Waals surface area contributed by atoms with Crippen molar-refractivity contribution < 1.29 is 9.90 Å². The van der Waals surface area contributed by atoms with E-state index in [2.05, 4.69) is 18.2 Å². The molecule has 3 nitrogen and oxygen atoms in total. The molecule has 0 fully saturated rings. The number of hydrogen-bond donors (Lipinski definition) is 1. The van der Waals surface area contributed by atoms with Gasteiger partial charge in [-0.25, -0.2) is 4.79 Å². The first-order valence-electron chi connectivity index (χ1n) is 6.61. The van der Waals surface area contributed by atoms with Crippen molar-refractivity contribution in [2.45, 2.75) is 0 Å². The lowest BCUT2D eigenvalue weighted by Gasteiger charge is -2.04. The topological polar surface area (TPSA) is 61.1 Å². The van der Waals surface area contributed by atoms with E-state index in [0.717, 1.165) is 26.8 Å². The van der Waals surface area contributed by atoms with Gasteiger partial charge in [0, 0.05) is 4.88 Å². The van der Waals surface area contributed by atoms with Gasteiger partial charge in [-0.15, -0.1) is 11.3 Å². The highest BCUT2D eigenvalue weighted by Crippen LogP contribution is 2.32. The van der Waals surface area contributed by atoms with Crippen LogP contribution in [0.4, 0.5) is 0 Å². The summed E-state index contributed by atoms with van der Waals surface area (Å²) in [5, 5.41) is 22.0. The fourth-order valence-electron chi connectivity index (χ4n) is 2.33. The number of nitriles is 1. The molecule has 22 heavy (non-hydrogen) atoms. The third kappa shape index (κ3) is 2.62. The highest BCUT2D eigenvalue weighted by molar-refractivity contribution is 7.11. The van der Waals surface area contributed by atoms with Gasteiger partial charge in [0.1, 0.15) is 11.6 Å². The normalized spacial score (nSPS) is 11.3. The molecule has 1 N–H and O–H groups in total. The number of carboxylic acid groups (broad SMARTS) is 1. The molecule has 0 spiro atoms. The van der Waals surface area contributed by atoms with E-state index in [4.69, 9.17) is 10.4 Å². The summed E-state index contributed by atoms with van der Waals surface area (Å²) in [5.41, 5.74) is 1.87. The standard InChI is InChI=1S/C18H11NO2S/c19-10-13(18(20)21)8-15-9-14(11-22-15)17-7-3-5-12-4-1-2-6-16(12)17/h1-9,11H,(H,20,21). The van der Waals surface area contributed by atoms with Gasteiger partial charge >= 0.3 is 5.97 Å². The summed E-state index contributed by atoms with van der Waals surface area (Å²) in [4.78, 5) is 11.7. The number of benzene rings is 2. The van der Waals surface area contributed by atoms with Crippen LogP contribution in [0.2, 0.25) is 0 Å². The molecule has 1 aromatic heterocycles. The van der Waals surface area contributed by atoms with E-state index < -0.39 is 5.97 Å². The summed E-state index contributed by atoms with van der Waals surface area (Å²) < 4.78 is 0. The third-order valence-electron chi connectivity index (χ3n) is 3.36. The van der Waals surface area contributed by atoms with Crippen molar-refractivity contribution in [2.75, 3.05) is 0 Å². The van der Waals surface area contributed by atoms with Crippen molar-refractivity contribution in [3.8, 4) is 17.2 Å². The molecule has 0 aliphatic rings. The van der Waals surface area contributed by atoms with E-state index in [-0.39, 0.29) is 5.57 Å². The molecule has 2 aromatic carbocycles. The van der Waals surface area contributed by atoms with E-state index >= 15 is 0 Å². The van der Waals surface area contributed by atoms with E-state index in [1.54, 1.807) is 6.07 Å². The average Bonchev–Trinajstić information content (AvgIpc) is 3.00.